The van der Waals surface area contributed by atoms with Gasteiger partial charge in [0.05, 0.1) is 0 Å². The van der Waals surface area contributed by atoms with Crippen molar-refractivity contribution in [1.29, 1.82) is 0 Å². The van der Waals surface area contributed by atoms with E-state index in [0.717, 1.165) is 6.42 Å². The van der Waals surface area contributed by atoms with Crippen molar-refractivity contribution in [1.82, 2.24) is 0 Å². The van der Waals surface area contributed by atoms with Crippen molar-refractivity contribution in [2.45, 2.75) is 125 Å². The van der Waals surface area contributed by atoms with Gasteiger partial charge in [-0.2, -0.15) is 0 Å². The van der Waals surface area contributed by atoms with Crippen LogP contribution < -0.4 is 26.2 Å². The molecule has 58 heavy (non-hydrogen) atoms. The maximum absolute atomic E-state index is 2.61. The zero-order valence-electron chi connectivity index (χ0n) is 37.6. The van der Waals surface area contributed by atoms with Crippen molar-refractivity contribution < 1.29 is 0 Å². The van der Waals surface area contributed by atoms with Gasteiger partial charge >= 0.3 is 0 Å². The molecule has 0 saturated heterocycles. The van der Waals surface area contributed by atoms with Crippen LogP contribution in [0.3, 0.4) is 0 Å². The van der Waals surface area contributed by atoms with Crippen molar-refractivity contribution in [3.05, 3.63) is 149 Å². The van der Waals surface area contributed by atoms with E-state index in [2.05, 4.69) is 222 Å². The van der Waals surface area contributed by atoms with Gasteiger partial charge in [0.15, 0.2) is 0 Å². The minimum Gasteiger partial charge on any atom is -0.311 e. The summed E-state index contributed by atoms with van der Waals surface area (Å²) in [7, 11) is 0. The Balaban J connectivity index is 1.43. The molecule has 0 atom stereocenters. The number of anilines is 6. The van der Waals surface area contributed by atoms with Crippen LogP contribution in [0.1, 0.15) is 123 Å². The molecule has 2 aliphatic rings. The zero-order chi connectivity index (χ0) is 41.7. The Morgan fingerprint density at radius 2 is 0.914 bits per heavy atom. The van der Waals surface area contributed by atoms with Gasteiger partial charge in [-0.25, -0.2) is 0 Å². The Morgan fingerprint density at radius 3 is 1.47 bits per heavy atom. The number of fused-ring (bicyclic) bond motifs is 4. The van der Waals surface area contributed by atoms with Crippen LogP contribution >= 0.6 is 0 Å². The largest absolute Gasteiger partial charge is 0.311 e. The fraction of sp³-hybridized carbons (Fsp3) is 0.345. The van der Waals surface area contributed by atoms with Crippen LogP contribution in [0.4, 0.5) is 34.1 Å². The van der Waals surface area contributed by atoms with Crippen molar-refractivity contribution in [3.8, 4) is 11.1 Å². The molecule has 0 fully saturated rings. The molecule has 2 aliphatic heterocycles. The summed E-state index contributed by atoms with van der Waals surface area (Å²) in [6.45, 7) is 32.4. The molecule has 8 rings (SSSR count). The maximum atomic E-state index is 2.61. The van der Waals surface area contributed by atoms with Crippen LogP contribution in [0.25, 0.3) is 11.1 Å². The highest BCUT2D eigenvalue weighted by Crippen LogP contribution is 2.47. The third-order valence-electron chi connectivity index (χ3n) is 12.7. The van der Waals surface area contributed by atoms with Crippen LogP contribution in [-0.4, -0.2) is 6.71 Å². The topological polar surface area (TPSA) is 6.48 Å². The molecule has 0 saturated carbocycles. The molecule has 2 heterocycles. The summed E-state index contributed by atoms with van der Waals surface area (Å²) < 4.78 is 0. The van der Waals surface area contributed by atoms with E-state index >= 15 is 0 Å². The number of nitrogens with zero attached hydrogens (tertiary/aromatic N) is 2. The van der Waals surface area contributed by atoms with Crippen LogP contribution in [-0.2, 0) is 28.1 Å². The predicted molar refractivity (Wildman–Crippen MR) is 255 cm³/mol. The Bertz CT molecular complexity index is 2530. The molecule has 3 heteroatoms. The molecule has 0 bridgehead atoms. The molecule has 0 amide bonds. The minimum absolute atomic E-state index is 0.00625. The average Bonchev–Trinajstić information content (AvgIpc) is 3.15. The van der Waals surface area contributed by atoms with Gasteiger partial charge in [0.25, 0.3) is 6.71 Å². The quantitative estimate of drug-likeness (QED) is 0.165. The van der Waals surface area contributed by atoms with Gasteiger partial charge in [0.2, 0.25) is 0 Å². The summed E-state index contributed by atoms with van der Waals surface area (Å²) in [6, 6.07) is 45.4. The lowest BCUT2D eigenvalue weighted by molar-refractivity contribution is 0.590. The summed E-state index contributed by atoms with van der Waals surface area (Å²) in [6.07, 6.45) is 0.958. The standard InChI is InChI=1S/C55H63BN2/c1-15-36-30-38(37-16-18-39(19-17-37)52(3,4)5)32-44(31-36)58-48-34-42(55(12,13)14)22-26-45(48)56-46-33-41(54(9,10)11)23-27-47(46)57(49-28-35(2)29-50(58)51(49)56)43-24-20-40(21-25-43)53(6,7)8/h16-34H,15H2,1-14H3. The molecular weight excluding hydrogens is 699 g/mol. The number of hydrogen-bond acceptors (Lipinski definition) is 2. The fourth-order valence-electron chi connectivity index (χ4n) is 9.07. The molecule has 6 aromatic carbocycles. The SMILES string of the molecule is CCc1cc(-c2ccc(C(C)(C)C)cc2)cc(N2c3cc(C(C)(C)C)ccc3B3c4cc(C(C)(C)C)ccc4N(c4ccc(C(C)(C)C)cc4)c4cc(C)cc2c43)c1. The molecule has 2 nitrogen and oxygen atoms in total. The van der Waals surface area contributed by atoms with E-state index in [1.165, 1.54) is 95.0 Å². The predicted octanol–water partition coefficient (Wildman–Crippen LogP) is 13.5. The van der Waals surface area contributed by atoms with E-state index in [4.69, 9.17) is 0 Å². The third kappa shape index (κ3) is 6.99. The van der Waals surface area contributed by atoms with E-state index in [1.807, 2.05) is 0 Å². The van der Waals surface area contributed by atoms with Gasteiger partial charge in [-0.05, 0) is 144 Å². The second-order valence-electron chi connectivity index (χ2n) is 21.2. The highest BCUT2D eigenvalue weighted by molar-refractivity contribution is 7.00. The second-order valence-corrected chi connectivity index (χ2v) is 21.2. The normalized spacial score (nSPS) is 14.0. The van der Waals surface area contributed by atoms with Gasteiger partial charge in [0.1, 0.15) is 0 Å². The van der Waals surface area contributed by atoms with E-state index in [-0.39, 0.29) is 28.4 Å². The number of aryl methyl sites for hydroxylation is 2. The highest BCUT2D eigenvalue weighted by atomic mass is 15.2. The molecule has 0 N–H and O–H groups in total. The first kappa shape index (κ1) is 39.8. The number of rotatable bonds is 4. The molecule has 296 valence electrons. The molecule has 0 radical (unpaired) electrons. The first-order valence-electron chi connectivity index (χ1n) is 21.5. The summed E-state index contributed by atoms with van der Waals surface area (Å²) in [5, 5.41) is 0. The smallest absolute Gasteiger partial charge is 0.252 e. The summed E-state index contributed by atoms with van der Waals surface area (Å²) in [5.74, 6) is 0. The summed E-state index contributed by atoms with van der Waals surface area (Å²) in [4.78, 5) is 5.16. The highest BCUT2D eigenvalue weighted by Gasteiger charge is 2.44. The number of benzene rings is 6. The van der Waals surface area contributed by atoms with Gasteiger partial charge < -0.3 is 9.80 Å². The van der Waals surface area contributed by atoms with E-state index in [9.17, 15) is 0 Å². The zero-order valence-corrected chi connectivity index (χ0v) is 37.6. The van der Waals surface area contributed by atoms with Crippen LogP contribution in [0, 0.1) is 6.92 Å². The second kappa shape index (κ2) is 13.8. The lowest BCUT2D eigenvalue weighted by Crippen LogP contribution is -2.61. The monoisotopic (exact) mass is 763 g/mol. The van der Waals surface area contributed by atoms with Crippen LogP contribution in [0.15, 0.2) is 115 Å². The fourth-order valence-corrected chi connectivity index (χ4v) is 9.07. The summed E-state index contributed by atoms with van der Waals surface area (Å²) >= 11 is 0. The van der Waals surface area contributed by atoms with Gasteiger partial charge in [0, 0.05) is 34.1 Å². The Kier molecular flexibility index (Phi) is 9.46. The van der Waals surface area contributed by atoms with Gasteiger partial charge in [-0.15, -0.1) is 0 Å². The first-order valence-corrected chi connectivity index (χ1v) is 21.5. The average molecular weight is 763 g/mol. The molecular formula is C55H63BN2. The van der Waals surface area contributed by atoms with Crippen LogP contribution in [0.5, 0.6) is 0 Å². The third-order valence-corrected chi connectivity index (χ3v) is 12.7. The van der Waals surface area contributed by atoms with E-state index < -0.39 is 0 Å². The summed E-state index contributed by atoms with van der Waals surface area (Å²) in [5.41, 5.74) is 22.3. The Labute approximate surface area is 350 Å². The minimum atomic E-state index is -0.0101. The van der Waals surface area contributed by atoms with Gasteiger partial charge in [-0.1, -0.05) is 157 Å². The first-order chi connectivity index (χ1) is 27.1. The molecule has 0 spiro atoms. The molecule has 0 aliphatic carbocycles. The number of hydrogen-bond donors (Lipinski definition) is 0. The van der Waals surface area contributed by atoms with E-state index in [0.29, 0.717) is 0 Å². The van der Waals surface area contributed by atoms with Crippen molar-refractivity contribution in [2.75, 3.05) is 9.80 Å². The Hall–Kier alpha value is -5.02. The van der Waals surface area contributed by atoms with Crippen molar-refractivity contribution in [3.63, 3.8) is 0 Å². The lowest BCUT2D eigenvalue weighted by atomic mass is 9.33. The molecule has 0 aromatic heterocycles. The van der Waals surface area contributed by atoms with Crippen LogP contribution in [0.2, 0.25) is 0 Å². The van der Waals surface area contributed by atoms with Crippen molar-refractivity contribution in [2.24, 2.45) is 0 Å². The maximum Gasteiger partial charge on any atom is 0.252 e. The molecule has 0 unspecified atom stereocenters. The Morgan fingerprint density at radius 1 is 0.414 bits per heavy atom. The van der Waals surface area contributed by atoms with Gasteiger partial charge in [-0.3, -0.25) is 0 Å². The van der Waals surface area contributed by atoms with Crippen molar-refractivity contribution >= 4 is 57.2 Å². The molecule has 6 aromatic rings. The lowest BCUT2D eigenvalue weighted by Gasteiger charge is -2.45. The van der Waals surface area contributed by atoms with E-state index in [1.54, 1.807) is 0 Å².